The van der Waals surface area contributed by atoms with E-state index in [1.54, 1.807) is 6.07 Å². The van der Waals surface area contributed by atoms with Gasteiger partial charge in [-0.1, -0.05) is 29.8 Å². The Morgan fingerprint density at radius 2 is 1.84 bits per heavy atom. The summed E-state index contributed by atoms with van der Waals surface area (Å²) in [4.78, 5) is 19.4. The third kappa shape index (κ3) is 10.4. The zero-order valence-corrected chi connectivity index (χ0v) is 11.9. The number of ether oxygens (including phenoxy) is 1. The molecule has 1 aromatic carbocycles. The third-order valence-electron chi connectivity index (χ3n) is 1.42. The van der Waals surface area contributed by atoms with Gasteiger partial charge in [0, 0.05) is 28.2 Å². The predicted octanol–water partition coefficient (Wildman–Crippen LogP) is 2.71. The second-order valence-corrected chi connectivity index (χ2v) is 3.64. The molecule has 1 radical (unpaired) electrons. The number of carboxylic acids is 2. The van der Waals surface area contributed by atoms with Crippen LogP contribution in [-0.2, 0) is 26.7 Å². The maximum Gasteiger partial charge on any atom is 0.341 e. The number of rotatable bonds is 4. The van der Waals surface area contributed by atoms with Crippen molar-refractivity contribution in [2.24, 2.45) is 0 Å². The summed E-state index contributed by atoms with van der Waals surface area (Å²) in [5.74, 6) is -1.72. The summed E-state index contributed by atoms with van der Waals surface area (Å²) in [5.41, 5.74) is 0. The second-order valence-electron chi connectivity index (χ2n) is 2.80. The van der Waals surface area contributed by atoms with Crippen LogP contribution in [0.2, 0.25) is 10.0 Å². The molecule has 0 spiro atoms. The van der Waals surface area contributed by atoms with Gasteiger partial charge in [0.15, 0.2) is 6.61 Å². The number of carbonyl (C=O) groups is 2. The number of halogens is 2. The van der Waals surface area contributed by atoms with Gasteiger partial charge in [0.1, 0.15) is 5.75 Å². The second kappa shape index (κ2) is 10.7. The fraction of sp³-hybridized carbons (Fsp3) is 0.0909. The van der Waals surface area contributed by atoms with Gasteiger partial charge < -0.3 is 14.9 Å². The van der Waals surface area contributed by atoms with Crippen LogP contribution in [0.15, 0.2) is 30.9 Å². The molecular formula is C11H10Cl2CuO5. The van der Waals surface area contributed by atoms with Crippen LogP contribution < -0.4 is 4.74 Å². The van der Waals surface area contributed by atoms with Crippen LogP contribution in [0.3, 0.4) is 0 Å². The molecule has 0 amide bonds. The van der Waals surface area contributed by atoms with Crippen molar-refractivity contribution in [3.63, 3.8) is 0 Å². The maximum atomic E-state index is 10.2. The third-order valence-corrected chi connectivity index (χ3v) is 1.95. The van der Waals surface area contributed by atoms with Crippen molar-refractivity contribution in [1.82, 2.24) is 0 Å². The Kier molecular flexibility index (Phi) is 11.3. The first-order valence-corrected chi connectivity index (χ1v) is 5.27. The van der Waals surface area contributed by atoms with E-state index in [1.165, 1.54) is 12.1 Å². The predicted molar refractivity (Wildman–Crippen MR) is 67.4 cm³/mol. The van der Waals surface area contributed by atoms with Crippen molar-refractivity contribution in [3.8, 4) is 5.75 Å². The zero-order chi connectivity index (χ0) is 14.1. The van der Waals surface area contributed by atoms with Gasteiger partial charge in [-0.15, -0.1) is 0 Å². The first kappa shape index (κ1) is 20.1. The molecular weight excluding hydrogens is 347 g/mol. The van der Waals surface area contributed by atoms with E-state index in [0.717, 1.165) is 6.08 Å². The number of hydrogen-bond donors (Lipinski definition) is 2. The molecule has 1 rings (SSSR count). The van der Waals surface area contributed by atoms with Crippen molar-refractivity contribution >= 4 is 35.1 Å². The molecule has 1 aromatic rings. The van der Waals surface area contributed by atoms with E-state index in [9.17, 15) is 9.59 Å². The maximum absolute atomic E-state index is 10.2. The Morgan fingerprint density at radius 3 is 2.21 bits per heavy atom. The van der Waals surface area contributed by atoms with Gasteiger partial charge in [-0.2, -0.15) is 0 Å². The number of aliphatic carboxylic acids is 2. The summed E-state index contributed by atoms with van der Waals surface area (Å²) in [5, 5.41) is 16.7. The first-order valence-electron chi connectivity index (χ1n) is 4.51. The molecule has 0 saturated heterocycles. The molecule has 8 heteroatoms. The SMILES string of the molecule is C=CC(=O)O.O=C(O)COc1ccc(Cl)cc1Cl.[Cu]. The largest absolute Gasteiger partial charge is 0.480 e. The Hall–Kier alpha value is -1.20. The van der Waals surface area contributed by atoms with E-state index in [1.807, 2.05) is 0 Å². The molecule has 0 fully saturated rings. The minimum Gasteiger partial charge on any atom is -0.480 e. The summed E-state index contributed by atoms with van der Waals surface area (Å²) >= 11 is 11.3. The van der Waals surface area contributed by atoms with E-state index in [2.05, 4.69) is 6.58 Å². The van der Waals surface area contributed by atoms with E-state index in [4.69, 9.17) is 38.2 Å². The van der Waals surface area contributed by atoms with Gasteiger partial charge >= 0.3 is 11.9 Å². The molecule has 19 heavy (non-hydrogen) atoms. The topological polar surface area (TPSA) is 83.8 Å². The summed E-state index contributed by atoms with van der Waals surface area (Å²) in [6.45, 7) is 2.55. The molecule has 0 bridgehead atoms. The van der Waals surface area contributed by atoms with Crippen molar-refractivity contribution in [2.45, 2.75) is 0 Å². The van der Waals surface area contributed by atoms with Crippen molar-refractivity contribution in [2.75, 3.05) is 6.61 Å². The Balaban J connectivity index is 0. The van der Waals surface area contributed by atoms with Crippen molar-refractivity contribution in [3.05, 3.63) is 40.9 Å². The van der Waals surface area contributed by atoms with Crippen LogP contribution in [0.4, 0.5) is 0 Å². The minimum absolute atomic E-state index is 0. The quantitative estimate of drug-likeness (QED) is 0.640. The molecule has 0 aromatic heterocycles. The van der Waals surface area contributed by atoms with E-state index >= 15 is 0 Å². The van der Waals surface area contributed by atoms with Gasteiger partial charge in [-0.25, -0.2) is 9.59 Å². The smallest absolute Gasteiger partial charge is 0.341 e. The van der Waals surface area contributed by atoms with Crippen LogP contribution in [0.5, 0.6) is 5.75 Å². The van der Waals surface area contributed by atoms with Gasteiger partial charge in [0.05, 0.1) is 5.02 Å². The van der Waals surface area contributed by atoms with Crippen LogP contribution in [-0.4, -0.2) is 28.8 Å². The summed E-state index contributed by atoms with van der Waals surface area (Å²) in [6, 6.07) is 4.58. The summed E-state index contributed by atoms with van der Waals surface area (Å²) in [7, 11) is 0. The number of carboxylic acid groups (broad SMARTS) is 2. The number of hydrogen-bond acceptors (Lipinski definition) is 3. The van der Waals surface area contributed by atoms with Crippen molar-refractivity contribution in [1.29, 1.82) is 0 Å². The van der Waals surface area contributed by atoms with E-state index in [-0.39, 0.29) is 17.1 Å². The van der Waals surface area contributed by atoms with Gasteiger partial charge in [0.2, 0.25) is 0 Å². The molecule has 0 atom stereocenters. The molecule has 5 nitrogen and oxygen atoms in total. The number of benzene rings is 1. The van der Waals surface area contributed by atoms with Crippen molar-refractivity contribution < 1.29 is 41.6 Å². The summed E-state index contributed by atoms with van der Waals surface area (Å²) < 4.78 is 4.86. The monoisotopic (exact) mass is 355 g/mol. The molecule has 0 saturated carbocycles. The Bertz CT molecular complexity index is 451. The van der Waals surface area contributed by atoms with Crippen LogP contribution in [0, 0.1) is 0 Å². The Morgan fingerprint density at radius 1 is 1.32 bits per heavy atom. The van der Waals surface area contributed by atoms with Crippen LogP contribution in [0.25, 0.3) is 0 Å². The average molecular weight is 357 g/mol. The molecule has 0 aliphatic heterocycles. The van der Waals surface area contributed by atoms with Crippen LogP contribution >= 0.6 is 23.2 Å². The van der Waals surface area contributed by atoms with E-state index < -0.39 is 18.5 Å². The summed E-state index contributed by atoms with van der Waals surface area (Å²) in [6.07, 6.45) is 0.833. The van der Waals surface area contributed by atoms with Gasteiger partial charge in [0.25, 0.3) is 0 Å². The first-order chi connectivity index (χ1) is 8.36. The van der Waals surface area contributed by atoms with Gasteiger partial charge in [-0.3, -0.25) is 0 Å². The molecule has 0 aliphatic rings. The molecule has 0 unspecified atom stereocenters. The molecule has 2 N–H and O–H groups in total. The molecule has 109 valence electrons. The Labute approximate surface area is 130 Å². The zero-order valence-electron chi connectivity index (χ0n) is 9.40. The average Bonchev–Trinajstić information content (AvgIpc) is 2.28. The molecule has 0 heterocycles. The van der Waals surface area contributed by atoms with E-state index in [0.29, 0.717) is 15.8 Å². The standard InChI is InChI=1S/C8H6Cl2O3.C3H4O2.Cu/c9-5-1-2-7(6(10)3-5)13-4-8(11)12;1-2-3(4)5;/h1-3H,4H2,(H,11,12);2H,1H2,(H,4,5);. The minimum atomic E-state index is -1.05. The fourth-order valence-electron chi connectivity index (χ4n) is 0.732. The fourth-order valence-corrected chi connectivity index (χ4v) is 1.19. The van der Waals surface area contributed by atoms with Crippen LogP contribution in [0.1, 0.15) is 0 Å². The normalized spacial score (nSPS) is 8.32. The molecule has 0 aliphatic carbocycles. The van der Waals surface area contributed by atoms with Gasteiger partial charge in [-0.05, 0) is 18.2 Å².